The van der Waals surface area contributed by atoms with Gasteiger partial charge in [0.25, 0.3) is 0 Å². The molecule has 1 aliphatic heterocycles. The maximum atomic E-state index is 10.6. The Kier molecular flexibility index (Phi) is 2.72. The molecule has 1 unspecified atom stereocenters. The van der Waals surface area contributed by atoms with Gasteiger partial charge in [0.05, 0.1) is 13.2 Å². The van der Waals surface area contributed by atoms with Gasteiger partial charge in [-0.2, -0.15) is 0 Å². The highest BCUT2D eigenvalue weighted by Gasteiger charge is 2.21. The Morgan fingerprint density at radius 2 is 1.95 bits per heavy atom. The zero-order valence-corrected chi connectivity index (χ0v) is 11.5. The normalized spacial score (nSPS) is 18.4. The lowest BCUT2D eigenvalue weighted by atomic mass is 10.0. The second-order valence-corrected chi connectivity index (χ2v) is 6.54. The minimum Gasteiger partial charge on any atom is -0.383 e. The second kappa shape index (κ2) is 4.44. The van der Waals surface area contributed by atoms with Crippen molar-refractivity contribution in [2.24, 2.45) is 0 Å². The van der Waals surface area contributed by atoms with Crippen LogP contribution in [-0.4, -0.2) is 5.11 Å². The Morgan fingerprint density at radius 1 is 1.05 bits per heavy atom. The molecular formula is C16H16O2S. The van der Waals surface area contributed by atoms with Crippen LogP contribution in [0.4, 0.5) is 0 Å². The standard InChI is InChI=1S/C16H16O2S/c17-16(15-7-10-2-1-3-14(10)19-15)11-4-5-12-8-18-9-13(12)6-11/h4-7,16-17H,1-3,8-9H2. The fourth-order valence-corrected chi connectivity index (χ4v) is 4.29. The summed E-state index contributed by atoms with van der Waals surface area (Å²) in [6, 6.07) is 8.41. The van der Waals surface area contributed by atoms with Crippen LogP contribution >= 0.6 is 11.3 Å². The quantitative estimate of drug-likeness (QED) is 0.908. The summed E-state index contributed by atoms with van der Waals surface area (Å²) in [5.41, 5.74) is 4.91. The summed E-state index contributed by atoms with van der Waals surface area (Å²) in [6.45, 7) is 1.38. The molecule has 0 saturated carbocycles. The summed E-state index contributed by atoms with van der Waals surface area (Å²) in [5, 5.41) is 10.6. The summed E-state index contributed by atoms with van der Waals surface area (Å²) in [4.78, 5) is 2.56. The fraction of sp³-hybridized carbons (Fsp3) is 0.375. The third-order valence-corrected chi connectivity index (χ3v) is 5.39. The molecule has 1 aromatic carbocycles. The Bertz CT molecular complexity index is 608. The number of hydrogen-bond acceptors (Lipinski definition) is 3. The van der Waals surface area contributed by atoms with Gasteiger partial charge < -0.3 is 9.84 Å². The van der Waals surface area contributed by atoms with Gasteiger partial charge in [-0.3, -0.25) is 0 Å². The predicted molar refractivity (Wildman–Crippen MR) is 75.3 cm³/mol. The molecule has 2 aliphatic rings. The summed E-state index contributed by atoms with van der Waals surface area (Å²) in [7, 11) is 0. The molecule has 0 spiro atoms. The monoisotopic (exact) mass is 272 g/mol. The van der Waals surface area contributed by atoms with Crippen LogP contribution in [0.2, 0.25) is 0 Å². The molecule has 2 nitrogen and oxygen atoms in total. The van der Waals surface area contributed by atoms with E-state index in [1.807, 2.05) is 6.07 Å². The molecule has 98 valence electrons. The first kappa shape index (κ1) is 11.6. The van der Waals surface area contributed by atoms with Crippen LogP contribution in [0.1, 0.15) is 44.5 Å². The van der Waals surface area contributed by atoms with Crippen molar-refractivity contribution in [2.45, 2.75) is 38.6 Å². The van der Waals surface area contributed by atoms with Gasteiger partial charge in [0, 0.05) is 9.75 Å². The molecule has 3 heteroatoms. The maximum Gasteiger partial charge on any atom is 0.113 e. The van der Waals surface area contributed by atoms with Crippen LogP contribution in [-0.2, 0) is 30.8 Å². The topological polar surface area (TPSA) is 29.5 Å². The van der Waals surface area contributed by atoms with Gasteiger partial charge in [-0.25, -0.2) is 0 Å². The van der Waals surface area contributed by atoms with Crippen LogP contribution in [0.15, 0.2) is 24.3 Å². The average molecular weight is 272 g/mol. The number of aliphatic hydroxyl groups excluding tert-OH is 1. The minimum absolute atomic E-state index is 0.485. The molecule has 0 bridgehead atoms. The van der Waals surface area contributed by atoms with Gasteiger partial charge in [-0.15, -0.1) is 11.3 Å². The number of ether oxygens (including phenoxy) is 1. The van der Waals surface area contributed by atoms with E-state index in [9.17, 15) is 5.11 Å². The van der Waals surface area contributed by atoms with Crippen molar-refractivity contribution in [3.63, 3.8) is 0 Å². The predicted octanol–water partition coefficient (Wildman–Crippen LogP) is 3.35. The fourth-order valence-electron chi connectivity index (χ4n) is 3.01. The van der Waals surface area contributed by atoms with Crippen molar-refractivity contribution in [3.05, 3.63) is 56.3 Å². The van der Waals surface area contributed by atoms with E-state index in [1.165, 1.54) is 40.8 Å². The number of fused-ring (bicyclic) bond motifs is 2. The van der Waals surface area contributed by atoms with E-state index in [0.29, 0.717) is 13.2 Å². The largest absolute Gasteiger partial charge is 0.383 e. The van der Waals surface area contributed by atoms with E-state index in [-0.39, 0.29) is 0 Å². The number of hydrogen-bond donors (Lipinski definition) is 1. The van der Waals surface area contributed by atoms with E-state index in [2.05, 4.69) is 18.2 Å². The molecule has 0 fully saturated rings. The van der Waals surface area contributed by atoms with E-state index in [1.54, 1.807) is 11.3 Å². The number of aryl methyl sites for hydroxylation is 2. The van der Waals surface area contributed by atoms with E-state index < -0.39 is 6.10 Å². The van der Waals surface area contributed by atoms with E-state index in [0.717, 1.165) is 10.4 Å². The Balaban J connectivity index is 1.67. The number of aliphatic hydroxyl groups is 1. The molecule has 4 rings (SSSR count). The van der Waals surface area contributed by atoms with Crippen molar-refractivity contribution >= 4 is 11.3 Å². The van der Waals surface area contributed by atoms with Crippen molar-refractivity contribution in [3.8, 4) is 0 Å². The molecule has 19 heavy (non-hydrogen) atoms. The highest BCUT2D eigenvalue weighted by Crippen LogP contribution is 2.36. The average Bonchev–Trinajstić information content (AvgIpc) is 3.11. The lowest BCUT2D eigenvalue weighted by molar-refractivity contribution is 0.134. The van der Waals surface area contributed by atoms with Gasteiger partial charge in [0.15, 0.2) is 0 Å². The minimum atomic E-state index is -0.485. The number of benzene rings is 1. The van der Waals surface area contributed by atoms with Gasteiger partial charge in [-0.1, -0.05) is 18.2 Å². The molecule has 0 amide bonds. The highest BCUT2D eigenvalue weighted by atomic mass is 32.1. The number of thiophene rings is 1. The zero-order chi connectivity index (χ0) is 12.8. The first-order valence-corrected chi connectivity index (χ1v) is 7.62. The molecule has 1 aromatic heterocycles. The van der Waals surface area contributed by atoms with Crippen LogP contribution in [0.5, 0.6) is 0 Å². The Labute approximate surface area is 116 Å². The second-order valence-electron chi connectivity index (χ2n) is 5.37. The summed E-state index contributed by atoms with van der Waals surface area (Å²) >= 11 is 1.78. The summed E-state index contributed by atoms with van der Waals surface area (Å²) in [5.74, 6) is 0. The highest BCUT2D eigenvalue weighted by molar-refractivity contribution is 7.12. The molecular weight excluding hydrogens is 256 g/mol. The van der Waals surface area contributed by atoms with Gasteiger partial charge in [0.2, 0.25) is 0 Å². The summed E-state index contributed by atoms with van der Waals surface area (Å²) < 4.78 is 5.43. The lowest BCUT2D eigenvalue weighted by Gasteiger charge is -2.10. The van der Waals surface area contributed by atoms with Crippen molar-refractivity contribution in [1.82, 2.24) is 0 Å². The van der Waals surface area contributed by atoms with Gasteiger partial charge >= 0.3 is 0 Å². The van der Waals surface area contributed by atoms with E-state index in [4.69, 9.17) is 4.74 Å². The Morgan fingerprint density at radius 3 is 2.84 bits per heavy atom. The van der Waals surface area contributed by atoms with Crippen LogP contribution in [0.25, 0.3) is 0 Å². The molecule has 2 aromatic rings. The third-order valence-electron chi connectivity index (χ3n) is 4.10. The first-order valence-electron chi connectivity index (χ1n) is 6.80. The molecule has 1 atom stereocenters. The van der Waals surface area contributed by atoms with Crippen molar-refractivity contribution in [1.29, 1.82) is 0 Å². The Hall–Kier alpha value is -1.16. The van der Waals surface area contributed by atoms with Crippen molar-refractivity contribution < 1.29 is 9.84 Å². The van der Waals surface area contributed by atoms with Crippen LogP contribution < -0.4 is 0 Å². The van der Waals surface area contributed by atoms with Crippen LogP contribution in [0.3, 0.4) is 0 Å². The smallest absolute Gasteiger partial charge is 0.113 e. The number of rotatable bonds is 2. The maximum absolute atomic E-state index is 10.6. The molecule has 1 aliphatic carbocycles. The molecule has 0 saturated heterocycles. The van der Waals surface area contributed by atoms with Crippen molar-refractivity contribution in [2.75, 3.05) is 0 Å². The van der Waals surface area contributed by atoms with E-state index >= 15 is 0 Å². The van der Waals surface area contributed by atoms with Gasteiger partial charge in [0.1, 0.15) is 6.10 Å². The molecule has 1 N–H and O–H groups in total. The lowest BCUT2D eigenvalue weighted by Crippen LogP contribution is -1.98. The SMILES string of the molecule is OC(c1ccc2c(c1)COC2)c1cc2c(s1)CCC2. The zero-order valence-electron chi connectivity index (χ0n) is 10.7. The first-order chi connectivity index (χ1) is 9.31. The van der Waals surface area contributed by atoms with Crippen LogP contribution in [0, 0.1) is 0 Å². The van der Waals surface area contributed by atoms with Gasteiger partial charge in [-0.05, 0) is 47.6 Å². The molecule has 2 heterocycles. The molecule has 0 radical (unpaired) electrons. The summed E-state index contributed by atoms with van der Waals surface area (Å²) in [6.07, 6.45) is 3.15. The third kappa shape index (κ3) is 1.93.